The van der Waals surface area contributed by atoms with Crippen molar-refractivity contribution in [3.8, 4) is 5.88 Å². The van der Waals surface area contributed by atoms with Crippen molar-refractivity contribution in [3.05, 3.63) is 32.8 Å². The Labute approximate surface area is 185 Å². The SMILES string of the molecule is CCOC(=O)c1c(NC(=O)CCc2c(C)nc3c(c(OC)nn3C)c2C)sc(C)c1C. The second-order valence-corrected chi connectivity index (χ2v) is 8.61. The topological polar surface area (TPSA) is 95.3 Å². The number of aromatic nitrogens is 3. The Morgan fingerprint density at radius 3 is 2.52 bits per heavy atom. The molecule has 1 amide bonds. The van der Waals surface area contributed by atoms with Crippen molar-refractivity contribution in [2.45, 2.75) is 47.5 Å². The van der Waals surface area contributed by atoms with Crippen molar-refractivity contribution in [1.82, 2.24) is 14.8 Å². The van der Waals surface area contributed by atoms with Crippen LogP contribution in [0.2, 0.25) is 0 Å². The molecule has 0 bridgehead atoms. The average molecular weight is 445 g/mol. The van der Waals surface area contributed by atoms with Crippen LogP contribution in [0.25, 0.3) is 11.0 Å². The van der Waals surface area contributed by atoms with E-state index in [1.165, 1.54) is 11.3 Å². The van der Waals surface area contributed by atoms with E-state index in [0.29, 0.717) is 22.9 Å². The number of esters is 1. The lowest BCUT2D eigenvalue weighted by molar-refractivity contribution is -0.116. The molecule has 0 saturated heterocycles. The first-order chi connectivity index (χ1) is 14.7. The fourth-order valence-electron chi connectivity index (χ4n) is 3.70. The molecule has 0 aromatic carbocycles. The van der Waals surface area contributed by atoms with E-state index in [-0.39, 0.29) is 18.9 Å². The summed E-state index contributed by atoms with van der Waals surface area (Å²) >= 11 is 1.39. The normalized spacial score (nSPS) is 11.1. The van der Waals surface area contributed by atoms with Gasteiger partial charge in [0.25, 0.3) is 0 Å². The molecule has 0 aliphatic heterocycles. The van der Waals surface area contributed by atoms with E-state index < -0.39 is 5.97 Å². The molecule has 0 saturated carbocycles. The predicted molar refractivity (Wildman–Crippen MR) is 121 cm³/mol. The number of hydrogen-bond acceptors (Lipinski definition) is 7. The maximum atomic E-state index is 12.7. The number of fused-ring (bicyclic) bond motifs is 1. The highest BCUT2D eigenvalue weighted by Crippen LogP contribution is 2.34. The van der Waals surface area contributed by atoms with Gasteiger partial charge in [0.1, 0.15) is 5.00 Å². The second kappa shape index (κ2) is 9.05. The van der Waals surface area contributed by atoms with Gasteiger partial charge in [-0.15, -0.1) is 16.4 Å². The smallest absolute Gasteiger partial charge is 0.341 e. The van der Waals surface area contributed by atoms with Crippen molar-refractivity contribution in [2.75, 3.05) is 19.0 Å². The Bertz CT molecular complexity index is 1160. The number of nitrogens with one attached hydrogen (secondary N) is 1. The van der Waals surface area contributed by atoms with E-state index in [1.54, 1.807) is 18.7 Å². The van der Waals surface area contributed by atoms with Crippen molar-refractivity contribution in [3.63, 3.8) is 0 Å². The van der Waals surface area contributed by atoms with Gasteiger partial charge in [-0.3, -0.25) is 4.79 Å². The van der Waals surface area contributed by atoms with Crippen LogP contribution in [0.5, 0.6) is 5.88 Å². The van der Waals surface area contributed by atoms with Gasteiger partial charge >= 0.3 is 5.97 Å². The number of nitrogens with zero attached hydrogens (tertiary/aromatic N) is 3. The van der Waals surface area contributed by atoms with Gasteiger partial charge in [0.15, 0.2) is 5.65 Å². The number of aryl methyl sites for hydroxylation is 4. The van der Waals surface area contributed by atoms with E-state index in [1.807, 2.05) is 34.7 Å². The van der Waals surface area contributed by atoms with Crippen LogP contribution < -0.4 is 10.1 Å². The molecule has 3 heterocycles. The maximum Gasteiger partial charge on any atom is 0.341 e. The summed E-state index contributed by atoms with van der Waals surface area (Å²) in [6.45, 7) is 9.77. The number of rotatable bonds is 7. The standard InChI is InChI=1S/C22H28N4O4S/c1-8-30-22(28)18-11(2)14(5)31-21(18)24-16(27)10-9-15-12(3)17-19(23-13(15)4)26(6)25-20(17)29-7/h8-10H2,1-7H3,(H,24,27). The minimum absolute atomic E-state index is 0.163. The number of thiophene rings is 1. The van der Waals surface area contributed by atoms with Crippen LogP contribution in [0.1, 0.15) is 51.0 Å². The molecule has 1 N–H and O–H groups in total. The van der Waals surface area contributed by atoms with Crippen molar-refractivity contribution in [1.29, 1.82) is 0 Å². The monoisotopic (exact) mass is 444 g/mol. The number of carbonyl (C=O) groups excluding carboxylic acids is 2. The first-order valence-corrected chi connectivity index (χ1v) is 10.9. The number of methoxy groups -OCH3 is 1. The van der Waals surface area contributed by atoms with Gasteiger partial charge in [0, 0.05) is 24.0 Å². The number of pyridine rings is 1. The zero-order valence-corrected chi connectivity index (χ0v) is 19.8. The summed E-state index contributed by atoms with van der Waals surface area (Å²) in [4.78, 5) is 30.7. The molecule has 166 valence electrons. The van der Waals surface area contributed by atoms with Crippen LogP contribution in [-0.4, -0.2) is 40.4 Å². The summed E-state index contributed by atoms with van der Waals surface area (Å²) in [5.74, 6) is -0.0506. The molecule has 0 aliphatic carbocycles. The summed E-state index contributed by atoms with van der Waals surface area (Å²) in [6, 6.07) is 0. The molecule has 9 heteroatoms. The third kappa shape index (κ3) is 4.27. The molecule has 0 spiro atoms. The molecule has 0 atom stereocenters. The van der Waals surface area contributed by atoms with Gasteiger partial charge in [-0.25, -0.2) is 14.5 Å². The largest absolute Gasteiger partial charge is 0.479 e. The average Bonchev–Trinajstić information content (AvgIpc) is 3.17. The van der Waals surface area contributed by atoms with Crippen LogP contribution in [-0.2, 0) is 23.0 Å². The Hall–Kier alpha value is -2.94. The Morgan fingerprint density at radius 1 is 1.16 bits per heavy atom. The van der Waals surface area contributed by atoms with Gasteiger partial charge < -0.3 is 14.8 Å². The van der Waals surface area contributed by atoms with E-state index >= 15 is 0 Å². The van der Waals surface area contributed by atoms with Crippen LogP contribution in [0, 0.1) is 27.7 Å². The molecule has 3 aromatic heterocycles. The highest BCUT2D eigenvalue weighted by atomic mass is 32.1. The molecule has 0 aliphatic rings. The molecule has 3 aromatic rings. The van der Waals surface area contributed by atoms with Crippen LogP contribution in [0.15, 0.2) is 0 Å². The van der Waals surface area contributed by atoms with Gasteiger partial charge in [-0.05, 0) is 57.7 Å². The number of ether oxygens (including phenoxy) is 2. The summed E-state index contributed by atoms with van der Waals surface area (Å²) in [7, 11) is 3.41. The highest BCUT2D eigenvalue weighted by Gasteiger charge is 2.23. The van der Waals surface area contributed by atoms with E-state index in [2.05, 4.69) is 15.4 Å². The van der Waals surface area contributed by atoms with Crippen molar-refractivity contribution in [2.24, 2.45) is 7.05 Å². The van der Waals surface area contributed by atoms with Crippen LogP contribution in [0.4, 0.5) is 5.00 Å². The summed E-state index contributed by atoms with van der Waals surface area (Å²) in [5.41, 5.74) is 4.90. The number of amides is 1. The lowest BCUT2D eigenvalue weighted by atomic mass is 10.00. The Balaban J connectivity index is 1.82. The molecule has 0 fully saturated rings. The lowest BCUT2D eigenvalue weighted by Gasteiger charge is -2.11. The summed E-state index contributed by atoms with van der Waals surface area (Å²) in [5, 5.41) is 8.66. The third-order valence-corrected chi connectivity index (χ3v) is 6.56. The molecular weight excluding hydrogens is 416 g/mol. The molecule has 0 radical (unpaired) electrons. The first-order valence-electron chi connectivity index (χ1n) is 10.1. The predicted octanol–water partition coefficient (Wildman–Crippen LogP) is 4.02. The van der Waals surface area contributed by atoms with E-state index in [0.717, 1.165) is 38.3 Å². The minimum atomic E-state index is -0.412. The van der Waals surface area contributed by atoms with Crippen LogP contribution >= 0.6 is 11.3 Å². The van der Waals surface area contributed by atoms with Crippen molar-refractivity contribution >= 4 is 39.2 Å². The van der Waals surface area contributed by atoms with Gasteiger partial charge in [0.2, 0.25) is 11.8 Å². The molecule has 0 unspecified atom stereocenters. The zero-order valence-electron chi connectivity index (χ0n) is 19.0. The van der Waals surface area contributed by atoms with Gasteiger partial charge in [-0.1, -0.05) is 0 Å². The highest BCUT2D eigenvalue weighted by molar-refractivity contribution is 7.16. The number of anilines is 1. The molecule has 8 nitrogen and oxygen atoms in total. The van der Waals surface area contributed by atoms with E-state index in [4.69, 9.17) is 9.47 Å². The molecule has 31 heavy (non-hydrogen) atoms. The van der Waals surface area contributed by atoms with Gasteiger partial charge in [0.05, 0.1) is 24.7 Å². The molecular formula is C22H28N4O4S. The Kier molecular flexibility index (Phi) is 6.64. The fourth-order valence-corrected chi connectivity index (χ4v) is 4.76. The Morgan fingerprint density at radius 2 is 1.87 bits per heavy atom. The van der Waals surface area contributed by atoms with Crippen LogP contribution in [0.3, 0.4) is 0 Å². The van der Waals surface area contributed by atoms with E-state index in [9.17, 15) is 9.59 Å². The maximum absolute atomic E-state index is 12.7. The van der Waals surface area contributed by atoms with Gasteiger partial charge in [-0.2, -0.15) is 0 Å². The number of hydrogen-bond donors (Lipinski definition) is 1. The first kappa shape index (κ1) is 22.7. The number of carbonyl (C=O) groups is 2. The third-order valence-electron chi connectivity index (χ3n) is 5.44. The summed E-state index contributed by atoms with van der Waals surface area (Å²) in [6.07, 6.45) is 0.776. The molecule has 3 rings (SSSR count). The second-order valence-electron chi connectivity index (χ2n) is 7.39. The minimum Gasteiger partial charge on any atom is -0.479 e. The quantitative estimate of drug-likeness (QED) is 0.553. The summed E-state index contributed by atoms with van der Waals surface area (Å²) < 4.78 is 12.3. The fraction of sp³-hybridized carbons (Fsp3) is 0.455. The zero-order chi connectivity index (χ0) is 22.9. The lowest BCUT2D eigenvalue weighted by Crippen LogP contribution is -2.15. The van der Waals surface area contributed by atoms with Crippen molar-refractivity contribution < 1.29 is 19.1 Å².